The molecule has 4 heterocycles. The minimum absolute atomic E-state index is 0.00281. The molecule has 0 radical (unpaired) electrons. The van der Waals surface area contributed by atoms with Gasteiger partial charge in [0.05, 0.1) is 11.9 Å². The summed E-state index contributed by atoms with van der Waals surface area (Å²) in [6.07, 6.45) is 3.49. The highest BCUT2D eigenvalue weighted by molar-refractivity contribution is 7.19. The van der Waals surface area contributed by atoms with Gasteiger partial charge in [0.2, 0.25) is 0 Å². The first kappa shape index (κ1) is 17.9. The number of carbonyl (C=O) groups excluding carboxylic acids is 1. The number of aryl methyl sites for hydroxylation is 2. The van der Waals surface area contributed by atoms with Crippen molar-refractivity contribution >= 4 is 38.8 Å². The van der Waals surface area contributed by atoms with E-state index < -0.39 is 0 Å². The van der Waals surface area contributed by atoms with Crippen molar-refractivity contribution in [2.24, 2.45) is 0 Å². The van der Waals surface area contributed by atoms with Gasteiger partial charge < -0.3 is 15.5 Å². The van der Waals surface area contributed by atoms with Gasteiger partial charge in [0.1, 0.15) is 11.5 Å². The number of rotatable bonds is 3. The molecule has 0 unspecified atom stereocenters. The molecule has 1 atom stereocenters. The van der Waals surface area contributed by atoms with Crippen molar-refractivity contribution in [2.45, 2.75) is 26.8 Å². The van der Waals surface area contributed by atoms with Gasteiger partial charge in [0, 0.05) is 46.8 Å². The summed E-state index contributed by atoms with van der Waals surface area (Å²) < 4.78 is 1.11. The van der Waals surface area contributed by atoms with E-state index in [0.717, 1.165) is 27.9 Å². The zero-order valence-electron chi connectivity index (χ0n) is 15.7. The number of nitrogens with one attached hydrogen (secondary N) is 2. The van der Waals surface area contributed by atoms with E-state index in [4.69, 9.17) is 4.98 Å². The molecule has 4 rings (SSSR count). The van der Waals surface area contributed by atoms with Gasteiger partial charge in [0.15, 0.2) is 0 Å². The highest BCUT2D eigenvalue weighted by atomic mass is 32.1. The molecule has 140 valence electrons. The van der Waals surface area contributed by atoms with E-state index in [1.807, 2.05) is 24.0 Å². The lowest BCUT2D eigenvalue weighted by molar-refractivity contribution is 0.0703. The number of piperazine rings is 1. The van der Waals surface area contributed by atoms with Crippen LogP contribution in [0, 0.1) is 13.8 Å². The van der Waals surface area contributed by atoms with Crippen molar-refractivity contribution in [1.29, 1.82) is 0 Å². The van der Waals surface area contributed by atoms with Crippen LogP contribution in [0.5, 0.6) is 0 Å². The maximum absolute atomic E-state index is 13.2. The minimum Gasteiger partial charge on any atom is -0.338 e. The lowest BCUT2D eigenvalue weighted by Gasteiger charge is -2.32. The van der Waals surface area contributed by atoms with E-state index >= 15 is 0 Å². The number of aromatic nitrogens is 2. The number of hydrogen-bond donors (Lipinski definition) is 2. The van der Waals surface area contributed by atoms with Gasteiger partial charge in [-0.25, -0.2) is 4.98 Å². The first-order chi connectivity index (χ1) is 13.0. The Morgan fingerprint density at radius 2 is 2.26 bits per heavy atom. The van der Waals surface area contributed by atoms with Crippen LogP contribution in [0.1, 0.15) is 27.9 Å². The van der Waals surface area contributed by atoms with Crippen LogP contribution in [-0.2, 0) is 0 Å². The number of fused-ring (bicyclic) bond motifs is 1. The molecule has 3 aromatic heterocycles. The van der Waals surface area contributed by atoms with Gasteiger partial charge in [-0.2, -0.15) is 0 Å². The SMILES string of the molecule is Cc1cc2c(Nc3cccnc3)nc(C(=O)N3CCN[C@H](C)C3)c(C)c2s1. The average Bonchev–Trinajstić information content (AvgIpc) is 3.07. The molecule has 1 amide bonds. The summed E-state index contributed by atoms with van der Waals surface area (Å²) in [5.74, 6) is 0.711. The molecule has 1 fully saturated rings. The van der Waals surface area contributed by atoms with Gasteiger partial charge in [-0.1, -0.05) is 0 Å². The molecule has 0 aliphatic carbocycles. The molecule has 1 aliphatic heterocycles. The fourth-order valence-corrected chi connectivity index (χ4v) is 4.49. The lowest BCUT2D eigenvalue weighted by atomic mass is 10.1. The summed E-state index contributed by atoms with van der Waals surface area (Å²) in [4.78, 5) is 25.2. The van der Waals surface area contributed by atoms with Crippen molar-refractivity contribution in [3.63, 3.8) is 0 Å². The van der Waals surface area contributed by atoms with Crippen molar-refractivity contribution in [3.8, 4) is 0 Å². The first-order valence-corrected chi connectivity index (χ1v) is 9.95. The Kier molecular flexibility index (Phi) is 4.80. The van der Waals surface area contributed by atoms with Crippen molar-refractivity contribution in [2.75, 3.05) is 25.0 Å². The predicted molar refractivity (Wildman–Crippen MR) is 110 cm³/mol. The molecule has 6 nitrogen and oxygen atoms in total. The topological polar surface area (TPSA) is 70.2 Å². The number of thiophene rings is 1. The Labute approximate surface area is 162 Å². The van der Waals surface area contributed by atoms with Crippen LogP contribution in [0.15, 0.2) is 30.6 Å². The molecule has 2 N–H and O–H groups in total. The Balaban J connectivity index is 1.78. The minimum atomic E-state index is 0.00281. The van der Waals surface area contributed by atoms with E-state index in [0.29, 0.717) is 30.6 Å². The van der Waals surface area contributed by atoms with E-state index in [-0.39, 0.29) is 5.91 Å². The molecule has 3 aromatic rings. The van der Waals surface area contributed by atoms with Gasteiger partial charge in [0.25, 0.3) is 5.91 Å². The highest BCUT2D eigenvalue weighted by Crippen LogP contribution is 2.35. The van der Waals surface area contributed by atoms with Crippen LogP contribution in [0.2, 0.25) is 0 Å². The van der Waals surface area contributed by atoms with E-state index in [1.54, 1.807) is 23.7 Å². The Bertz CT molecular complexity index is 985. The smallest absolute Gasteiger partial charge is 0.272 e. The first-order valence-electron chi connectivity index (χ1n) is 9.13. The highest BCUT2D eigenvalue weighted by Gasteiger charge is 2.26. The number of nitrogens with zero attached hydrogens (tertiary/aromatic N) is 3. The van der Waals surface area contributed by atoms with E-state index in [1.165, 1.54) is 4.88 Å². The third-order valence-electron chi connectivity index (χ3n) is 4.81. The zero-order chi connectivity index (χ0) is 19.0. The van der Waals surface area contributed by atoms with E-state index in [2.05, 4.69) is 35.5 Å². The van der Waals surface area contributed by atoms with Crippen LogP contribution in [-0.4, -0.2) is 46.5 Å². The summed E-state index contributed by atoms with van der Waals surface area (Å²) in [6, 6.07) is 6.24. The monoisotopic (exact) mass is 381 g/mol. The molecule has 0 spiro atoms. The molecule has 0 aromatic carbocycles. The van der Waals surface area contributed by atoms with Gasteiger partial charge in [-0.05, 0) is 44.5 Å². The summed E-state index contributed by atoms with van der Waals surface area (Å²) in [5, 5.41) is 7.77. The summed E-state index contributed by atoms with van der Waals surface area (Å²) in [7, 11) is 0. The van der Waals surface area contributed by atoms with Crippen LogP contribution in [0.25, 0.3) is 10.1 Å². The maximum Gasteiger partial charge on any atom is 0.272 e. The Morgan fingerprint density at radius 1 is 1.41 bits per heavy atom. The average molecular weight is 382 g/mol. The van der Waals surface area contributed by atoms with Gasteiger partial charge in [-0.3, -0.25) is 9.78 Å². The summed E-state index contributed by atoms with van der Waals surface area (Å²) in [5.41, 5.74) is 2.34. The summed E-state index contributed by atoms with van der Waals surface area (Å²) >= 11 is 1.70. The Morgan fingerprint density at radius 3 is 3.00 bits per heavy atom. The van der Waals surface area contributed by atoms with Crippen molar-refractivity contribution < 1.29 is 4.79 Å². The molecule has 7 heteroatoms. The van der Waals surface area contributed by atoms with Gasteiger partial charge >= 0.3 is 0 Å². The molecule has 27 heavy (non-hydrogen) atoms. The second kappa shape index (κ2) is 7.25. The molecule has 1 saturated heterocycles. The fraction of sp³-hybridized carbons (Fsp3) is 0.350. The van der Waals surface area contributed by atoms with Crippen LogP contribution in [0.4, 0.5) is 11.5 Å². The third-order valence-corrected chi connectivity index (χ3v) is 5.98. The van der Waals surface area contributed by atoms with Crippen LogP contribution >= 0.6 is 11.3 Å². The normalized spacial score (nSPS) is 17.3. The Hall–Kier alpha value is -2.51. The van der Waals surface area contributed by atoms with E-state index in [9.17, 15) is 4.79 Å². The third kappa shape index (κ3) is 3.52. The number of carbonyl (C=O) groups is 1. The van der Waals surface area contributed by atoms with Crippen molar-refractivity contribution in [3.05, 3.63) is 46.7 Å². The second-order valence-corrected chi connectivity index (χ2v) is 8.26. The quantitative estimate of drug-likeness (QED) is 0.727. The second-order valence-electron chi connectivity index (χ2n) is 7.01. The zero-order valence-corrected chi connectivity index (χ0v) is 16.6. The van der Waals surface area contributed by atoms with Crippen LogP contribution < -0.4 is 10.6 Å². The fourth-order valence-electron chi connectivity index (χ4n) is 3.48. The number of hydrogen-bond acceptors (Lipinski definition) is 6. The lowest BCUT2D eigenvalue weighted by Crippen LogP contribution is -2.51. The largest absolute Gasteiger partial charge is 0.338 e. The molecule has 0 saturated carbocycles. The number of pyridine rings is 2. The molecule has 1 aliphatic rings. The standard InChI is InChI=1S/C20H23N5OS/c1-12-11-25(8-7-22-12)20(26)17-14(3)18-16(9-13(2)27-18)19(24-17)23-15-5-4-6-21-10-15/h4-6,9-10,12,22H,7-8,11H2,1-3H3,(H,23,24)/t12-/m1/s1. The van der Waals surface area contributed by atoms with Crippen LogP contribution in [0.3, 0.4) is 0 Å². The number of anilines is 2. The molecule has 0 bridgehead atoms. The molecular weight excluding hydrogens is 358 g/mol. The maximum atomic E-state index is 13.2. The number of amides is 1. The van der Waals surface area contributed by atoms with Crippen molar-refractivity contribution in [1.82, 2.24) is 20.2 Å². The van der Waals surface area contributed by atoms with Gasteiger partial charge in [-0.15, -0.1) is 11.3 Å². The molecular formula is C20H23N5OS. The predicted octanol–water partition coefficient (Wildman–Crippen LogP) is 3.49. The summed E-state index contributed by atoms with van der Waals surface area (Å²) in [6.45, 7) is 8.40.